The quantitative estimate of drug-likeness (QED) is 0.579. The maximum atomic E-state index is 5.38. The van der Waals surface area contributed by atoms with Crippen LogP contribution in [0.1, 0.15) is 18.5 Å². The summed E-state index contributed by atoms with van der Waals surface area (Å²) in [6.45, 7) is 3.88. The Morgan fingerprint density at radius 1 is 1.25 bits per heavy atom. The molecule has 3 heterocycles. The summed E-state index contributed by atoms with van der Waals surface area (Å²) in [6.07, 6.45) is 7.80. The van der Waals surface area contributed by atoms with Crippen molar-refractivity contribution in [3.63, 3.8) is 0 Å². The highest BCUT2D eigenvalue weighted by atomic mass is 32.1. The lowest BCUT2D eigenvalue weighted by Crippen LogP contribution is -2.02. The van der Waals surface area contributed by atoms with E-state index in [0.29, 0.717) is 0 Å². The molecule has 0 fully saturated rings. The lowest BCUT2D eigenvalue weighted by atomic mass is 10.3. The van der Waals surface area contributed by atoms with Gasteiger partial charge in [-0.15, -0.1) is 0 Å². The van der Waals surface area contributed by atoms with Crippen LogP contribution in [0.15, 0.2) is 30.9 Å². The number of imidazole rings is 2. The first-order valence-corrected chi connectivity index (χ1v) is 7.17. The van der Waals surface area contributed by atoms with E-state index in [-0.39, 0.29) is 0 Å². The number of hydrogen-bond acceptors (Lipinski definition) is 3. The fourth-order valence-electron chi connectivity index (χ4n) is 2.32. The van der Waals surface area contributed by atoms with Crippen molar-refractivity contribution in [3.05, 3.63) is 41.3 Å². The van der Waals surface area contributed by atoms with Crippen LogP contribution < -0.4 is 0 Å². The molecule has 0 bridgehead atoms. The molecule has 0 amide bonds. The second-order valence-electron chi connectivity index (χ2n) is 4.91. The van der Waals surface area contributed by atoms with Crippen LogP contribution in [0.4, 0.5) is 0 Å². The van der Waals surface area contributed by atoms with Gasteiger partial charge >= 0.3 is 0 Å². The van der Waals surface area contributed by atoms with Crippen LogP contribution in [-0.2, 0) is 13.1 Å². The maximum Gasteiger partial charge on any atom is 0.179 e. The Morgan fingerprint density at radius 2 is 2.10 bits per heavy atom. The molecule has 0 aliphatic rings. The zero-order valence-electron chi connectivity index (χ0n) is 11.4. The molecule has 3 aromatic rings. The maximum absolute atomic E-state index is 5.38. The van der Waals surface area contributed by atoms with Crippen molar-refractivity contribution in [2.45, 2.75) is 32.9 Å². The van der Waals surface area contributed by atoms with E-state index in [4.69, 9.17) is 12.2 Å². The lowest BCUT2D eigenvalue weighted by Gasteiger charge is -2.05. The van der Waals surface area contributed by atoms with Gasteiger partial charge in [0.2, 0.25) is 0 Å². The molecule has 0 radical (unpaired) electrons. The number of H-pyrrole nitrogens is 1. The largest absolute Gasteiger partial charge is 0.337 e. The first kappa shape index (κ1) is 13.1. The molecule has 3 rings (SSSR count). The fourth-order valence-corrected chi connectivity index (χ4v) is 2.60. The zero-order valence-corrected chi connectivity index (χ0v) is 12.2. The smallest absolute Gasteiger partial charge is 0.179 e. The van der Waals surface area contributed by atoms with Gasteiger partial charge in [0.25, 0.3) is 0 Å². The van der Waals surface area contributed by atoms with Gasteiger partial charge < -0.3 is 14.1 Å². The van der Waals surface area contributed by atoms with Crippen molar-refractivity contribution in [1.29, 1.82) is 0 Å². The van der Waals surface area contributed by atoms with Crippen LogP contribution in [-0.4, -0.2) is 24.1 Å². The molecule has 0 aliphatic heterocycles. The number of unbranched alkanes of at least 4 members (excludes halogenated alkanes) is 1. The van der Waals surface area contributed by atoms with Gasteiger partial charge in [-0.2, -0.15) is 0 Å². The number of nitrogens with one attached hydrogen (secondary N) is 1. The van der Waals surface area contributed by atoms with E-state index in [1.165, 1.54) is 0 Å². The number of aromatic amines is 1. The van der Waals surface area contributed by atoms with E-state index in [1.54, 1.807) is 0 Å². The number of nitrogens with zero attached hydrogens (tertiary/aromatic N) is 4. The molecule has 6 heteroatoms. The number of pyridine rings is 1. The van der Waals surface area contributed by atoms with Crippen molar-refractivity contribution >= 4 is 23.4 Å². The van der Waals surface area contributed by atoms with Crippen LogP contribution in [0.25, 0.3) is 11.2 Å². The Bertz CT molecular complexity index is 754. The second kappa shape index (κ2) is 5.58. The van der Waals surface area contributed by atoms with Gasteiger partial charge in [-0.25, -0.2) is 9.97 Å². The number of fused-ring (bicyclic) bond motifs is 1. The molecular formula is C14H17N5S. The van der Waals surface area contributed by atoms with Crippen molar-refractivity contribution in [2.75, 3.05) is 0 Å². The lowest BCUT2D eigenvalue weighted by molar-refractivity contribution is 0.555. The topological polar surface area (TPSA) is 51.4 Å². The molecule has 0 spiro atoms. The summed E-state index contributed by atoms with van der Waals surface area (Å²) in [4.78, 5) is 11.8. The fraction of sp³-hybridized carbons (Fsp3) is 0.357. The average molecular weight is 287 g/mol. The van der Waals surface area contributed by atoms with Gasteiger partial charge in [0.15, 0.2) is 10.4 Å². The van der Waals surface area contributed by atoms with E-state index in [9.17, 15) is 0 Å². The van der Waals surface area contributed by atoms with Gasteiger partial charge in [-0.3, -0.25) is 0 Å². The highest BCUT2D eigenvalue weighted by Gasteiger charge is 2.05. The summed E-state index contributed by atoms with van der Waals surface area (Å²) < 4.78 is 4.93. The van der Waals surface area contributed by atoms with E-state index < -0.39 is 0 Å². The minimum absolute atomic E-state index is 0.751. The number of aryl methyl sites for hydroxylation is 3. The van der Waals surface area contributed by atoms with Crippen LogP contribution >= 0.6 is 12.2 Å². The van der Waals surface area contributed by atoms with E-state index in [2.05, 4.69) is 24.1 Å². The molecule has 104 valence electrons. The third kappa shape index (κ3) is 2.65. The van der Waals surface area contributed by atoms with Crippen LogP contribution in [0.5, 0.6) is 0 Å². The zero-order chi connectivity index (χ0) is 13.9. The van der Waals surface area contributed by atoms with Gasteiger partial charge in [-0.1, -0.05) is 0 Å². The molecular weight excluding hydrogens is 270 g/mol. The highest BCUT2D eigenvalue weighted by molar-refractivity contribution is 7.71. The van der Waals surface area contributed by atoms with Gasteiger partial charge in [0, 0.05) is 31.2 Å². The molecule has 20 heavy (non-hydrogen) atoms. The summed E-state index contributed by atoms with van der Waals surface area (Å²) in [5.41, 5.74) is 2.98. The first-order valence-electron chi connectivity index (χ1n) is 6.76. The standard InChI is InChI=1S/C14H17N5S/c1-11-4-5-12-13(16-11)19(14(20)17-12)8-3-2-7-18-9-6-15-10-18/h4-6,9-10H,2-3,7-8H2,1H3,(H,17,20). The summed E-state index contributed by atoms with van der Waals surface area (Å²) in [5.74, 6) is 0. The molecule has 0 unspecified atom stereocenters. The van der Waals surface area contributed by atoms with E-state index in [1.807, 2.05) is 37.8 Å². The second-order valence-corrected chi connectivity index (χ2v) is 5.30. The summed E-state index contributed by atoms with van der Waals surface area (Å²) in [5, 5.41) is 0. The van der Waals surface area contributed by atoms with Crippen LogP contribution in [0, 0.1) is 11.7 Å². The molecule has 0 saturated carbocycles. The SMILES string of the molecule is Cc1ccc2[nH]c(=S)n(CCCCn3ccnc3)c2n1. The van der Waals surface area contributed by atoms with Gasteiger partial charge in [-0.05, 0) is 44.1 Å². The summed E-state index contributed by atoms with van der Waals surface area (Å²) in [6, 6.07) is 4.03. The average Bonchev–Trinajstić information content (AvgIpc) is 3.03. The van der Waals surface area contributed by atoms with E-state index in [0.717, 1.165) is 47.6 Å². The predicted octanol–water partition coefficient (Wildman–Crippen LogP) is 3.08. The summed E-state index contributed by atoms with van der Waals surface area (Å²) >= 11 is 5.38. The van der Waals surface area contributed by atoms with E-state index >= 15 is 0 Å². The number of hydrogen-bond donors (Lipinski definition) is 1. The van der Waals surface area contributed by atoms with Crippen molar-refractivity contribution in [1.82, 2.24) is 24.1 Å². The summed E-state index contributed by atoms with van der Waals surface area (Å²) in [7, 11) is 0. The van der Waals surface area contributed by atoms with Crippen molar-refractivity contribution < 1.29 is 0 Å². The molecule has 5 nitrogen and oxygen atoms in total. The van der Waals surface area contributed by atoms with Crippen molar-refractivity contribution in [3.8, 4) is 0 Å². The van der Waals surface area contributed by atoms with Crippen LogP contribution in [0.3, 0.4) is 0 Å². The van der Waals surface area contributed by atoms with Gasteiger partial charge in [0.1, 0.15) is 0 Å². The minimum atomic E-state index is 0.751. The Hall–Kier alpha value is -1.95. The van der Waals surface area contributed by atoms with Gasteiger partial charge in [0.05, 0.1) is 11.8 Å². The third-order valence-corrected chi connectivity index (χ3v) is 3.69. The Balaban J connectivity index is 1.69. The Labute approximate surface area is 122 Å². The Kier molecular flexibility index (Phi) is 3.64. The number of aromatic nitrogens is 5. The molecule has 1 N–H and O–H groups in total. The van der Waals surface area contributed by atoms with Crippen LogP contribution in [0.2, 0.25) is 0 Å². The molecule has 3 aromatic heterocycles. The third-order valence-electron chi connectivity index (χ3n) is 3.36. The molecule has 0 aliphatic carbocycles. The minimum Gasteiger partial charge on any atom is -0.337 e. The molecule has 0 aromatic carbocycles. The first-order chi connectivity index (χ1) is 9.74. The molecule has 0 atom stereocenters. The highest BCUT2D eigenvalue weighted by Crippen LogP contribution is 2.13. The monoisotopic (exact) mass is 287 g/mol. The predicted molar refractivity (Wildman–Crippen MR) is 81.1 cm³/mol. The molecule has 0 saturated heterocycles. The van der Waals surface area contributed by atoms with Crippen molar-refractivity contribution in [2.24, 2.45) is 0 Å². The Morgan fingerprint density at radius 3 is 2.90 bits per heavy atom. The normalized spacial score (nSPS) is 11.2. The number of rotatable bonds is 5.